The number of benzene rings is 2. The van der Waals surface area contributed by atoms with E-state index in [4.69, 9.17) is 5.26 Å². The second-order valence-electron chi connectivity index (χ2n) is 7.87. The van der Waals surface area contributed by atoms with Crippen molar-refractivity contribution in [3.63, 3.8) is 0 Å². The molecule has 2 aromatic carbocycles. The van der Waals surface area contributed by atoms with Crippen LogP contribution in [0.1, 0.15) is 41.3 Å². The molecule has 4 aromatic rings. The molecule has 5 rings (SSSR count). The van der Waals surface area contributed by atoms with Gasteiger partial charge in [0.2, 0.25) is 0 Å². The van der Waals surface area contributed by atoms with Gasteiger partial charge in [0.1, 0.15) is 5.69 Å². The number of pyridine rings is 1. The second-order valence-corrected chi connectivity index (χ2v) is 7.87. The molecule has 1 aliphatic rings. The van der Waals surface area contributed by atoms with Crippen LogP contribution in [0.25, 0.3) is 22.2 Å². The molecule has 0 radical (unpaired) electrons. The Labute approximate surface area is 177 Å². The van der Waals surface area contributed by atoms with Gasteiger partial charge in [-0.05, 0) is 61.4 Å². The quantitative estimate of drug-likeness (QED) is 0.440. The third kappa shape index (κ3) is 3.40. The monoisotopic (exact) mass is 415 g/mol. The lowest BCUT2D eigenvalue weighted by atomic mass is 9.84. The van der Waals surface area contributed by atoms with Crippen LogP contribution in [-0.2, 0) is 5.92 Å². The van der Waals surface area contributed by atoms with Gasteiger partial charge < -0.3 is 5.32 Å². The lowest BCUT2D eigenvalue weighted by molar-refractivity contribution is -0.0241. The Morgan fingerprint density at radius 3 is 2.84 bits per heavy atom. The van der Waals surface area contributed by atoms with Gasteiger partial charge in [-0.3, -0.25) is 10.1 Å². The number of rotatable bonds is 3. The summed E-state index contributed by atoms with van der Waals surface area (Å²) >= 11 is 0. The first-order valence-electron chi connectivity index (χ1n) is 10.0. The first-order chi connectivity index (χ1) is 14.9. The second kappa shape index (κ2) is 7.17. The topological polar surface area (TPSA) is 77.4 Å². The number of hydrogen-bond acceptors (Lipinski definition) is 4. The summed E-state index contributed by atoms with van der Waals surface area (Å²) in [6.45, 7) is 1.93. The molecule has 1 aliphatic carbocycles. The number of hydrogen-bond donors (Lipinski definition) is 2. The van der Waals surface area contributed by atoms with Crippen LogP contribution in [0.3, 0.4) is 0 Å². The van der Waals surface area contributed by atoms with Gasteiger partial charge in [-0.15, -0.1) is 0 Å². The minimum absolute atomic E-state index is 0.0624. The van der Waals surface area contributed by atoms with Gasteiger partial charge in [0.25, 0.3) is 5.92 Å². The van der Waals surface area contributed by atoms with Crippen LogP contribution < -0.4 is 5.32 Å². The number of H-pyrrole nitrogens is 1. The van der Waals surface area contributed by atoms with Gasteiger partial charge in [0.05, 0.1) is 23.2 Å². The van der Waals surface area contributed by atoms with E-state index in [1.165, 1.54) is 6.07 Å². The number of nitrogens with zero attached hydrogens (tertiary/aromatic N) is 3. The summed E-state index contributed by atoms with van der Waals surface area (Å²) in [5, 5.41) is 21.0. The lowest BCUT2D eigenvalue weighted by Gasteiger charge is -2.32. The van der Waals surface area contributed by atoms with Crippen LogP contribution in [0.4, 0.5) is 14.5 Å². The van der Waals surface area contributed by atoms with E-state index in [-0.39, 0.29) is 23.6 Å². The van der Waals surface area contributed by atoms with Crippen LogP contribution >= 0.6 is 0 Å². The summed E-state index contributed by atoms with van der Waals surface area (Å²) in [5.41, 5.74) is 5.12. The number of halogens is 2. The smallest absolute Gasteiger partial charge is 0.273 e. The standard InChI is InChI=1S/C24H19F2N5/c1-14-10-16(7-9-28-14)23-19-12-17(3-5-22(19)30-31-23)29-21-6-8-24(25,26)20-11-15(13-27)2-4-18(20)21/h2-5,7,9-12,21,29H,6,8H2,1H3,(H,30,31)/t21-/m1/s1. The van der Waals surface area contributed by atoms with E-state index in [2.05, 4.69) is 20.5 Å². The summed E-state index contributed by atoms with van der Waals surface area (Å²) in [6, 6.07) is 16.0. The van der Waals surface area contributed by atoms with Gasteiger partial charge in [0.15, 0.2) is 0 Å². The molecular formula is C24H19F2N5. The summed E-state index contributed by atoms with van der Waals surface area (Å²) in [4.78, 5) is 4.24. The molecule has 7 heteroatoms. The van der Waals surface area contributed by atoms with Crippen LogP contribution in [0.15, 0.2) is 54.7 Å². The number of nitrogens with one attached hydrogen (secondary N) is 2. The minimum atomic E-state index is -2.93. The molecule has 5 nitrogen and oxygen atoms in total. The average molecular weight is 415 g/mol. The minimum Gasteiger partial charge on any atom is -0.378 e. The largest absolute Gasteiger partial charge is 0.378 e. The molecule has 2 aromatic heterocycles. The van der Waals surface area contributed by atoms with Crippen molar-refractivity contribution in [3.05, 3.63) is 77.1 Å². The zero-order valence-corrected chi connectivity index (χ0v) is 16.8. The molecular weight excluding hydrogens is 396 g/mol. The zero-order chi connectivity index (χ0) is 21.6. The van der Waals surface area contributed by atoms with E-state index in [9.17, 15) is 8.78 Å². The van der Waals surface area contributed by atoms with Crippen molar-refractivity contribution < 1.29 is 8.78 Å². The average Bonchev–Trinajstić information content (AvgIpc) is 3.19. The van der Waals surface area contributed by atoms with E-state index in [0.29, 0.717) is 12.0 Å². The number of aromatic amines is 1. The third-order valence-corrected chi connectivity index (χ3v) is 5.77. The Bertz CT molecular complexity index is 1340. The molecule has 0 fully saturated rings. The molecule has 0 saturated heterocycles. The van der Waals surface area contributed by atoms with Crippen molar-refractivity contribution in [1.29, 1.82) is 5.26 Å². The lowest BCUT2D eigenvalue weighted by Crippen LogP contribution is -2.27. The van der Waals surface area contributed by atoms with E-state index in [1.807, 2.05) is 43.3 Å². The number of nitriles is 1. The van der Waals surface area contributed by atoms with Crippen molar-refractivity contribution in [1.82, 2.24) is 15.2 Å². The fourth-order valence-corrected chi connectivity index (χ4v) is 4.23. The van der Waals surface area contributed by atoms with Crippen LogP contribution in [0.2, 0.25) is 0 Å². The van der Waals surface area contributed by atoms with Gasteiger partial charge in [-0.2, -0.15) is 10.4 Å². The van der Waals surface area contributed by atoms with Gasteiger partial charge in [-0.1, -0.05) is 6.07 Å². The molecule has 31 heavy (non-hydrogen) atoms. The molecule has 0 spiro atoms. The van der Waals surface area contributed by atoms with Gasteiger partial charge in [-0.25, -0.2) is 8.78 Å². The fraction of sp³-hybridized carbons (Fsp3) is 0.208. The van der Waals surface area contributed by atoms with Crippen LogP contribution in [-0.4, -0.2) is 15.2 Å². The molecule has 0 saturated carbocycles. The van der Waals surface area contributed by atoms with E-state index < -0.39 is 5.92 Å². The fourth-order valence-electron chi connectivity index (χ4n) is 4.23. The summed E-state index contributed by atoms with van der Waals surface area (Å²) in [5.74, 6) is -2.93. The Balaban J connectivity index is 1.52. The summed E-state index contributed by atoms with van der Waals surface area (Å²) in [6.07, 6.45) is 1.79. The van der Waals surface area contributed by atoms with Crippen molar-refractivity contribution in [2.45, 2.75) is 31.7 Å². The summed E-state index contributed by atoms with van der Waals surface area (Å²) < 4.78 is 29.0. The van der Waals surface area contributed by atoms with E-state index in [1.54, 1.807) is 18.3 Å². The highest BCUT2D eigenvalue weighted by Crippen LogP contribution is 2.45. The zero-order valence-electron chi connectivity index (χ0n) is 16.8. The number of anilines is 1. The van der Waals surface area contributed by atoms with Gasteiger partial charge in [0, 0.05) is 40.5 Å². The number of alkyl halides is 2. The SMILES string of the molecule is Cc1cc(-c2n[nH]c3ccc(N[C@@H]4CCC(F)(F)c5cc(C#N)ccc54)cc23)ccn1. The molecule has 2 N–H and O–H groups in total. The molecule has 0 amide bonds. The highest BCUT2D eigenvalue weighted by molar-refractivity contribution is 5.94. The van der Waals surface area contributed by atoms with Gasteiger partial charge >= 0.3 is 0 Å². The maximum Gasteiger partial charge on any atom is 0.273 e. The number of fused-ring (bicyclic) bond motifs is 2. The van der Waals surface area contributed by atoms with Crippen LogP contribution in [0, 0.1) is 18.3 Å². The first kappa shape index (κ1) is 19.2. The molecule has 0 unspecified atom stereocenters. The molecule has 2 heterocycles. The Kier molecular flexibility index (Phi) is 4.44. The molecule has 1 atom stereocenters. The molecule has 0 bridgehead atoms. The summed E-state index contributed by atoms with van der Waals surface area (Å²) in [7, 11) is 0. The molecule has 154 valence electrons. The maximum atomic E-state index is 14.5. The maximum absolute atomic E-state index is 14.5. The van der Waals surface area contributed by atoms with Crippen LogP contribution in [0.5, 0.6) is 0 Å². The molecule has 0 aliphatic heterocycles. The van der Waals surface area contributed by atoms with E-state index in [0.717, 1.165) is 33.5 Å². The highest BCUT2D eigenvalue weighted by Gasteiger charge is 2.40. The van der Waals surface area contributed by atoms with Crippen molar-refractivity contribution >= 4 is 16.6 Å². The Morgan fingerprint density at radius 2 is 2.03 bits per heavy atom. The van der Waals surface area contributed by atoms with Crippen molar-refractivity contribution in [2.24, 2.45) is 0 Å². The van der Waals surface area contributed by atoms with Crippen molar-refractivity contribution in [2.75, 3.05) is 5.32 Å². The Hall–Kier alpha value is -3.79. The third-order valence-electron chi connectivity index (χ3n) is 5.77. The normalized spacial score (nSPS) is 17.2. The number of aromatic nitrogens is 3. The Morgan fingerprint density at radius 1 is 1.16 bits per heavy atom. The number of aryl methyl sites for hydroxylation is 1. The first-order valence-corrected chi connectivity index (χ1v) is 10.0. The predicted octanol–water partition coefficient (Wildman–Crippen LogP) is 5.84. The highest BCUT2D eigenvalue weighted by atomic mass is 19.3. The predicted molar refractivity (Wildman–Crippen MR) is 115 cm³/mol. The van der Waals surface area contributed by atoms with Crippen molar-refractivity contribution in [3.8, 4) is 17.3 Å². The van der Waals surface area contributed by atoms with E-state index >= 15 is 0 Å².